The van der Waals surface area contributed by atoms with Gasteiger partial charge in [-0.3, -0.25) is 0 Å². The molecule has 0 saturated heterocycles. The van der Waals surface area contributed by atoms with Crippen molar-refractivity contribution in [2.24, 2.45) is 0 Å². The van der Waals surface area contributed by atoms with Crippen molar-refractivity contribution in [3.63, 3.8) is 0 Å². The Morgan fingerprint density at radius 2 is 0.356 bits per heavy atom. The van der Waals surface area contributed by atoms with E-state index in [1.54, 1.807) is 0 Å². The number of hydrogen-bond donors (Lipinski definition) is 0. The summed E-state index contributed by atoms with van der Waals surface area (Å²) in [7, 11) is -3.51. The quantitative estimate of drug-likeness (QED) is 0.0348. The molecule has 0 aliphatic heterocycles. The molecular formula is C98H88P4Ru2+4. The summed E-state index contributed by atoms with van der Waals surface area (Å²) in [6.07, 6.45) is 5.45. The molecule has 0 N–H and O–H groups in total. The Labute approximate surface area is 643 Å². The molecule has 15 aromatic carbocycles. The zero-order chi connectivity index (χ0) is 72.1. The van der Waals surface area contributed by atoms with Crippen molar-refractivity contribution in [1.82, 2.24) is 0 Å². The van der Waals surface area contributed by atoms with Gasteiger partial charge in [0.2, 0.25) is 0 Å². The average molecular weight is 1590 g/mol. The van der Waals surface area contributed by atoms with E-state index in [-0.39, 0.29) is 0 Å². The minimum Gasteiger partial charge on any atom is -0.214 e. The largest absolute Gasteiger partial charge is 0.214 e. The van der Waals surface area contributed by atoms with E-state index in [4.69, 9.17) is 0 Å². The van der Waals surface area contributed by atoms with Crippen LogP contribution < -0.4 is 63.7 Å². The molecule has 0 amide bonds. The molecule has 0 aliphatic rings. The van der Waals surface area contributed by atoms with E-state index in [1.165, 1.54) is 74.8 Å². The monoisotopic (exact) mass is 1590 g/mol. The molecule has 0 fully saturated rings. The van der Waals surface area contributed by atoms with Crippen LogP contribution in [0, 0.1) is 0 Å². The van der Waals surface area contributed by atoms with E-state index in [2.05, 4.69) is 446 Å². The zero-order valence-corrected chi connectivity index (χ0v) is 65.9. The number of hydrogen-bond acceptors (Lipinski definition) is 0. The Hall–Kier alpha value is -9.69. The second-order valence-electron chi connectivity index (χ2n) is 23.5. The molecule has 0 radical (unpaired) electrons. The molecule has 15 aromatic rings. The number of rotatable bonds is 18. The van der Waals surface area contributed by atoms with E-state index >= 15 is 0 Å². The molecule has 0 atom stereocenters. The van der Waals surface area contributed by atoms with Gasteiger partial charge in [0.15, 0.2) is 0 Å². The van der Waals surface area contributed by atoms with Gasteiger partial charge in [0.1, 0.15) is 63.7 Å². The van der Waals surface area contributed by atoms with Gasteiger partial charge in [0.05, 0.1) is 31.7 Å². The van der Waals surface area contributed by atoms with E-state index in [1.807, 2.05) is 72.8 Å². The summed E-state index contributed by atoms with van der Waals surface area (Å²) in [5, 5.41) is 17.2. The van der Waals surface area contributed by atoms with Gasteiger partial charge in [-0.1, -0.05) is 218 Å². The maximum Gasteiger partial charge on any atom is 0.102 e. The third-order valence-corrected chi connectivity index (χ3v) is 28.3. The Morgan fingerprint density at radius 3 is 0.452 bits per heavy atom. The molecule has 0 nitrogen and oxygen atoms in total. The van der Waals surface area contributed by atoms with Crippen molar-refractivity contribution < 1.29 is 35.7 Å². The first-order chi connectivity index (χ1) is 51.6. The maximum atomic E-state index is 3.76. The van der Waals surface area contributed by atoms with E-state index in [9.17, 15) is 0 Å². The summed E-state index contributed by atoms with van der Waals surface area (Å²) in [5.74, 6) is 0. The molecule has 0 heterocycles. The summed E-state index contributed by atoms with van der Waals surface area (Å²) < 4.78 is 6.28. The molecule has 0 aliphatic carbocycles. The van der Waals surface area contributed by atoms with E-state index in [0.717, 1.165) is 24.0 Å². The van der Waals surface area contributed by atoms with Crippen LogP contribution in [0.5, 0.6) is 0 Å². The van der Waals surface area contributed by atoms with Crippen LogP contribution in [0.25, 0.3) is 11.1 Å². The Kier molecular flexibility index (Phi) is 35.3. The van der Waals surface area contributed by atoms with Crippen LogP contribution in [0.4, 0.5) is 0 Å². The van der Waals surface area contributed by atoms with Crippen LogP contribution >= 0.6 is 31.7 Å². The van der Waals surface area contributed by atoms with Crippen molar-refractivity contribution in [1.29, 1.82) is 0 Å². The molecule has 104 heavy (non-hydrogen) atoms. The fourth-order valence-corrected chi connectivity index (χ4v) is 22.6. The summed E-state index contributed by atoms with van der Waals surface area (Å²) in [6, 6.07) is 158. The van der Waals surface area contributed by atoms with Gasteiger partial charge in [0, 0.05) is 0 Å². The molecule has 0 unspecified atom stereocenters. The number of benzene rings is 13. The van der Waals surface area contributed by atoms with Crippen molar-refractivity contribution in [2.45, 2.75) is 12.8 Å². The molecule has 0 saturated carbocycles. The second kappa shape index (κ2) is 46.8. The smallest absolute Gasteiger partial charge is 0.102 e. The number of allylic oxidation sites excluding steroid dienone is 4. The summed E-state index contributed by atoms with van der Waals surface area (Å²) in [5.41, 5.74) is 4.66. The normalized spacial score (nSPS) is 10.0. The Bertz CT molecular complexity index is 3850. The molecule has 0 aromatic heterocycles. The van der Waals surface area contributed by atoms with Crippen LogP contribution in [0.15, 0.2) is 474 Å². The summed E-state index contributed by atoms with van der Waals surface area (Å²) in [6.45, 7) is 7.52. The van der Waals surface area contributed by atoms with Gasteiger partial charge in [-0.2, -0.15) is 36.4 Å². The average Bonchev–Trinajstić information content (AvgIpc) is 0.848. The third kappa shape index (κ3) is 25.9. The summed E-state index contributed by atoms with van der Waals surface area (Å²) in [4.78, 5) is 0. The van der Waals surface area contributed by atoms with Gasteiger partial charge >= 0.3 is 129 Å². The van der Waals surface area contributed by atoms with Crippen molar-refractivity contribution in [3.8, 4) is 0 Å². The Balaban J connectivity index is 0.000000145. The predicted molar refractivity (Wildman–Crippen MR) is 463 cm³/mol. The van der Waals surface area contributed by atoms with Crippen LogP contribution in [0.1, 0.15) is 24.0 Å². The minimum absolute atomic E-state index is 0.831. The molecule has 0 bridgehead atoms. The topological polar surface area (TPSA) is 0 Å². The SMILES string of the molecule is C=CCC(=[C]=[Ru+])c1ccc(C(=[C]=[Ru+])CC=C)cc1.c1cc[cH-]c1.c1cc[cH-]c1.c1ccc([PH+](c2ccccc2)c2ccccc2)cc1.c1ccc([PH+](c2ccccc2)c2ccccc2)cc1.c1ccc([PH+](c2ccccc2)c2ccccc2)cc1.c1ccc([PH+](c2ccccc2)c2ccccc2)cc1. The van der Waals surface area contributed by atoms with Crippen LogP contribution in [0.3, 0.4) is 0 Å². The van der Waals surface area contributed by atoms with Gasteiger partial charge in [-0.15, -0.1) is 0 Å². The van der Waals surface area contributed by atoms with Gasteiger partial charge in [-0.05, 0) is 146 Å². The third-order valence-electron chi connectivity index (χ3n) is 16.4. The predicted octanol–water partition coefficient (Wildman–Crippen LogP) is 19.0. The van der Waals surface area contributed by atoms with Crippen molar-refractivity contribution >= 4 is 115 Å². The van der Waals surface area contributed by atoms with Crippen molar-refractivity contribution in [2.75, 3.05) is 0 Å². The fraction of sp³-hybridized carbons (Fsp3) is 0.0204. The van der Waals surface area contributed by atoms with Crippen LogP contribution in [-0.2, 0) is 35.7 Å². The standard InChI is InChI=1S/4C18H15P.C16H14.2C5H5.2Ru/c4*1-4-10-16(11-5-1)19(17-12-6-2-7-13-17)18-14-8-3-9-15-18;1-5-7-13(3)15-9-11-16(12-10-15)14(4)8-6-2;2*1-2-4-5-3-1;;/h4*1-15H;5-6,9-12H,1-2,7-8H2;2*1-5H;;/q;;;;;2*-1;2*+1/p+4. The van der Waals surface area contributed by atoms with Gasteiger partial charge < -0.3 is 0 Å². The fourth-order valence-electron chi connectivity index (χ4n) is 11.5. The van der Waals surface area contributed by atoms with Gasteiger partial charge in [-0.25, -0.2) is 24.3 Å². The minimum atomic E-state index is -0.877. The van der Waals surface area contributed by atoms with Gasteiger partial charge in [0.25, 0.3) is 0 Å². The van der Waals surface area contributed by atoms with E-state index < -0.39 is 31.7 Å². The maximum absolute atomic E-state index is 3.76. The molecule has 6 heteroatoms. The first kappa shape index (κ1) is 78.4. The van der Waals surface area contributed by atoms with Crippen molar-refractivity contribution in [3.05, 3.63) is 485 Å². The van der Waals surface area contributed by atoms with E-state index in [0.29, 0.717) is 0 Å². The Morgan fingerprint density at radius 1 is 0.221 bits per heavy atom. The first-order valence-electron chi connectivity index (χ1n) is 34.8. The molecule has 0 spiro atoms. The van der Waals surface area contributed by atoms with Crippen LogP contribution in [-0.4, -0.2) is 8.53 Å². The second-order valence-corrected chi connectivity index (χ2v) is 34.3. The molecular weight excluding hydrogens is 1500 g/mol. The molecule has 512 valence electrons. The zero-order valence-electron chi connectivity index (χ0n) is 58.4. The first-order valence-corrected chi connectivity index (χ1v) is 42.5. The molecule has 15 rings (SSSR count). The van der Waals surface area contributed by atoms with Crippen LogP contribution in [0.2, 0.25) is 0 Å². The summed E-state index contributed by atoms with van der Waals surface area (Å²) >= 11 is 4.87.